The molecule has 0 aliphatic heterocycles. The van der Waals surface area contributed by atoms with Gasteiger partial charge >= 0.3 is 0 Å². The molecule has 0 unspecified atom stereocenters. The molecule has 0 aliphatic carbocycles. The van der Waals surface area contributed by atoms with Crippen LogP contribution in [0.1, 0.15) is 0 Å². The topological polar surface area (TPSA) is 85.8 Å². The minimum Gasteiger partial charge on any atom is -0.335 e. The molecule has 0 radical (unpaired) electrons. The van der Waals surface area contributed by atoms with E-state index in [0.717, 1.165) is 22.0 Å². The second-order valence-corrected chi connectivity index (χ2v) is 6.85. The third kappa shape index (κ3) is 3.63. The molecule has 1 amide bonds. The van der Waals surface area contributed by atoms with Crippen molar-refractivity contribution < 1.29 is 4.79 Å². The monoisotopic (exact) mass is 375 g/mol. The zero-order valence-electron chi connectivity index (χ0n) is 14.4. The number of thioether (sulfide) groups is 1. The highest BCUT2D eigenvalue weighted by Gasteiger charge is 2.14. The normalized spacial score (nSPS) is 10.8. The highest BCUT2D eigenvalue weighted by molar-refractivity contribution is 7.99. The van der Waals surface area contributed by atoms with E-state index in [2.05, 4.69) is 15.5 Å². The number of fused-ring (bicyclic) bond motifs is 1. The largest absolute Gasteiger partial charge is 0.335 e. The summed E-state index contributed by atoms with van der Waals surface area (Å²) in [4.78, 5) is 12.4. The highest BCUT2D eigenvalue weighted by atomic mass is 32.2. The lowest BCUT2D eigenvalue weighted by molar-refractivity contribution is -0.113. The van der Waals surface area contributed by atoms with Crippen molar-refractivity contribution in [3.63, 3.8) is 0 Å². The van der Waals surface area contributed by atoms with Gasteiger partial charge in [0, 0.05) is 16.6 Å². The number of carbonyl (C=O) groups is 1. The molecule has 0 atom stereocenters. The van der Waals surface area contributed by atoms with Gasteiger partial charge in [-0.15, -0.1) is 10.2 Å². The van der Waals surface area contributed by atoms with E-state index in [1.165, 1.54) is 16.4 Å². The molecule has 0 aliphatic rings. The van der Waals surface area contributed by atoms with E-state index in [1.54, 1.807) is 0 Å². The molecule has 0 saturated heterocycles. The molecule has 1 aromatic heterocycles. The van der Waals surface area contributed by atoms with Gasteiger partial charge in [0.05, 0.1) is 5.75 Å². The van der Waals surface area contributed by atoms with E-state index in [4.69, 9.17) is 5.84 Å². The van der Waals surface area contributed by atoms with Crippen LogP contribution in [0.25, 0.3) is 22.2 Å². The number of hydrogen-bond donors (Lipinski definition) is 2. The highest BCUT2D eigenvalue weighted by Crippen LogP contribution is 2.24. The third-order valence-corrected chi connectivity index (χ3v) is 5.04. The minimum absolute atomic E-state index is 0.124. The van der Waals surface area contributed by atoms with Crippen LogP contribution in [-0.2, 0) is 4.79 Å². The van der Waals surface area contributed by atoms with Crippen LogP contribution < -0.4 is 11.2 Å². The molecule has 1 heterocycles. The number of amides is 1. The quantitative estimate of drug-likeness (QED) is 0.412. The van der Waals surface area contributed by atoms with Crippen molar-refractivity contribution in [3.8, 4) is 11.4 Å². The average Bonchev–Trinajstić information content (AvgIpc) is 3.08. The zero-order valence-corrected chi connectivity index (χ0v) is 15.2. The van der Waals surface area contributed by atoms with Gasteiger partial charge in [-0.05, 0) is 11.5 Å². The van der Waals surface area contributed by atoms with E-state index >= 15 is 0 Å². The maximum atomic E-state index is 12.4. The van der Waals surface area contributed by atoms with E-state index in [-0.39, 0.29) is 11.7 Å². The van der Waals surface area contributed by atoms with Gasteiger partial charge in [-0.3, -0.25) is 4.79 Å². The molecule has 0 spiro atoms. The Kier molecular flexibility index (Phi) is 4.76. The molecule has 134 valence electrons. The van der Waals surface area contributed by atoms with Gasteiger partial charge in [0.2, 0.25) is 11.1 Å². The van der Waals surface area contributed by atoms with Crippen LogP contribution in [0.5, 0.6) is 0 Å². The predicted molar refractivity (Wildman–Crippen MR) is 109 cm³/mol. The zero-order chi connectivity index (χ0) is 18.6. The third-order valence-electron chi connectivity index (χ3n) is 4.09. The Hall–Kier alpha value is -3.32. The fraction of sp³-hybridized carbons (Fsp3) is 0.0500. The van der Waals surface area contributed by atoms with E-state index in [9.17, 15) is 4.79 Å². The van der Waals surface area contributed by atoms with Gasteiger partial charge in [0.1, 0.15) is 0 Å². The fourth-order valence-corrected chi connectivity index (χ4v) is 3.47. The lowest BCUT2D eigenvalue weighted by atomic mass is 10.1. The van der Waals surface area contributed by atoms with Crippen molar-refractivity contribution in [1.29, 1.82) is 0 Å². The average molecular weight is 375 g/mol. The number of anilines is 1. The Labute approximate surface area is 160 Å². The summed E-state index contributed by atoms with van der Waals surface area (Å²) in [5.41, 5.74) is 1.66. The summed E-state index contributed by atoms with van der Waals surface area (Å²) in [6.07, 6.45) is 0. The van der Waals surface area contributed by atoms with Crippen LogP contribution in [0, 0.1) is 0 Å². The van der Waals surface area contributed by atoms with Crippen LogP contribution >= 0.6 is 11.8 Å². The van der Waals surface area contributed by atoms with Crippen molar-refractivity contribution >= 4 is 34.1 Å². The van der Waals surface area contributed by atoms with Crippen LogP contribution in [0.15, 0.2) is 78.0 Å². The van der Waals surface area contributed by atoms with Crippen molar-refractivity contribution in [2.24, 2.45) is 0 Å². The smallest absolute Gasteiger partial charge is 0.234 e. The maximum Gasteiger partial charge on any atom is 0.234 e. The number of hydrogen-bond acceptors (Lipinski definition) is 5. The first-order valence-corrected chi connectivity index (χ1v) is 9.37. The molecule has 6 nitrogen and oxygen atoms in total. The van der Waals surface area contributed by atoms with Crippen LogP contribution in [0.3, 0.4) is 0 Å². The second-order valence-electron chi connectivity index (χ2n) is 5.91. The number of aromatic nitrogens is 3. The minimum atomic E-state index is -0.124. The van der Waals surface area contributed by atoms with Gasteiger partial charge in [-0.2, -0.15) is 0 Å². The summed E-state index contributed by atoms with van der Waals surface area (Å²) in [6, 6.07) is 23.3. The number of nitrogens with two attached hydrogens (primary N) is 1. The Balaban J connectivity index is 1.45. The second kappa shape index (κ2) is 7.51. The van der Waals surface area contributed by atoms with Gasteiger partial charge in [-0.25, -0.2) is 4.68 Å². The number of nitrogen functional groups attached to an aromatic ring is 1. The van der Waals surface area contributed by atoms with E-state index in [0.29, 0.717) is 11.0 Å². The fourth-order valence-electron chi connectivity index (χ4n) is 2.81. The van der Waals surface area contributed by atoms with Crippen LogP contribution in [0.2, 0.25) is 0 Å². The summed E-state index contributed by atoms with van der Waals surface area (Å²) >= 11 is 1.25. The summed E-state index contributed by atoms with van der Waals surface area (Å²) in [6.45, 7) is 0. The molecule has 0 saturated carbocycles. The molecule has 4 rings (SSSR count). The summed E-state index contributed by atoms with van der Waals surface area (Å²) < 4.78 is 1.41. The molecule has 27 heavy (non-hydrogen) atoms. The molecule has 3 aromatic carbocycles. The Morgan fingerprint density at radius 1 is 0.963 bits per heavy atom. The lowest BCUT2D eigenvalue weighted by Crippen LogP contribution is -2.16. The Morgan fingerprint density at radius 2 is 1.70 bits per heavy atom. The van der Waals surface area contributed by atoms with E-state index in [1.807, 2.05) is 72.8 Å². The van der Waals surface area contributed by atoms with Crippen molar-refractivity contribution in [2.45, 2.75) is 5.16 Å². The van der Waals surface area contributed by atoms with Crippen LogP contribution in [-0.4, -0.2) is 26.5 Å². The molecular formula is C20H17N5OS. The Morgan fingerprint density at radius 3 is 2.56 bits per heavy atom. The van der Waals surface area contributed by atoms with Crippen molar-refractivity contribution in [3.05, 3.63) is 72.8 Å². The first-order valence-electron chi connectivity index (χ1n) is 8.39. The number of nitrogens with one attached hydrogen (secondary N) is 1. The first-order chi connectivity index (χ1) is 13.2. The van der Waals surface area contributed by atoms with Gasteiger partial charge in [-0.1, -0.05) is 78.5 Å². The number of carbonyl (C=O) groups excluding carboxylic acids is 1. The molecule has 4 aromatic rings. The summed E-state index contributed by atoms with van der Waals surface area (Å²) in [5.74, 6) is 6.71. The van der Waals surface area contributed by atoms with Gasteiger partial charge in [0.25, 0.3) is 0 Å². The number of nitrogens with zero attached hydrogens (tertiary/aromatic N) is 3. The Bertz CT molecular complexity index is 1090. The van der Waals surface area contributed by atoms with Crippen molar-refractivity contribution in [2.75, 3.05) is 16.9 Å². The molecule has 0 fully saturated rings. The number of rotatable bonds is 5. The molecule has 3 N–H and O–H groups in total. The standard InChI is InChI=1S/C20H17N5OS/c21-25-19(15-8-2-1-3-9-15)23-24-20(25)27-13-18(26)22-17-12-6-10-14-7-4-5-11-16(14)17/h1-12H,13,21H2,(H,22,26). The summed E-state index contributed by atoms with van der Waals surface area (Å²) in [5, 5.41) is 13.7. The van der Waals surface area contributed by atoms with Crippen molar-refractivity contribution in [1.82, 2.24) is 14.9 Å². The lowest BCUT2D eigenvalue weighted by Gasteiger charge is -2.08. The van der Waals surface area contributed by atoms with E-state index < -0.39 is 0 Å². The summed E-state index contributed by atoms with van der Waals surface area (Å²) in [7, 11) is 0. The number of benzene rings is 3. The molecule has 0 bridgehead atoms. The molecular weight excluding hydrogens is 358 g/mol. The SMILES string of the molecule is Nn1c(SCC(=O)Nc2cccc3ccccc23)nnc1-c1ccccc1. The van der Waals surface area contributed by atoms with Crippen LogP contribution in [0.4, 0.5) is 5.69 Å². The molecule has 7 heteroatoms. The van der Waals surface area contributed by atoms with Gasteiger partial charge < -0.3 is 11.2 Å². The predicted octanol–water partition coefficient (Wildman–Crippen LogP) is 3.54. The maximum absolute atomic E-state index is 12.4. The first kappa shape index (κ1) is 17.1. The van der Waals surface area contributed by atoms with Gasteiger partial charge in [0.15, 0.2) is 5.82 Å².